The molecule has 0 atom stereocenters. The van der Waals surface area contributed by atoms with Crippen LogP contribution in [-0.4, -0.2) is 47.3 Å². The molecule has 0 aromatic heterocycles. The van der Waals surface area contributed by atoms with E-state index in [0.29, 0.717) is 25.7 Å². The van der Waals surface area contributed by atoms with Crippen LogP contribution in [0.25, 0.3) is 5.53 Å². The second-order valence-electron chi connectivity index (χ2n) is 6.20. The highest BCUT2D eigenvalue weighted by atomic mass is 35.5. The van der Waals surface area contributed by atoms with E-state index in [9.17, 15) is 16.8 Å². The van der Waals surface area contributed by atoms with Gasteiger partial charge in [-0.05, 0) is 51.4 Å². The molecular formula is C13H20Cl2N2O4S2. The van der Waals surface area contributed by atoms with E-state index in [4.69, 9.17) is 28.7 Å². The van der Waals surface area contributed by atoms with Crippen LogP contribution in [0.3, 0.4) is 0 Å². The van der Waals surface area contributed by atoms with Crippen LogP contribution in [0.5, 0.6) is 0 Å². The zero-order valence-corrected chi connectivity index (χ0v) is 15.7. The molecule has 0 aliphatic heterocycles. The summed E-state index contributed by atoms with van der Waals surface area (Å²) in [6.45, 7) is 0. The smallest absolute Gasteiger partial charge is 0.359 e. The Hall–Kier alpha value is -0.140. The lowest BCUT2D eigenvalue weighted by Gasteiger charge is -2.25. The Labute approximate surface area is 147 Å². The summed E-state index contributed by atoms with van der Waals surface area (Å²) in [5.41, 5.74) is 9.14. The number of halogens is 2. The Bertz CT molecular complexity index is 631. The van der Waals surface area contributed by atoms with Gasteiger partial charge in [0.15, 0.2) is 0 Å². The van der Waals surface area contributed by atoms with Gasteiger partial charge in [0.25, 0.3) is 19.7 Å². The van der Waals surface area contributed by atoms with Gasteiger partial charge >= 0.3 is 4.38 Å². The van der Waals surface area contributed by atoms with Crippen molar-refractivity contribution in [2.45, 2.75) is 72.6 Å². The maximum Gasteiger partial charge on any atom is 0.495 e. The molecule has 2 aliphatic carbocycles. The van der Waals surface area contributed by atoms with Crippen LogP contribution in [0.4, 0.5) is 0 Å². The first-order valence-electron chi connectivity index (χ1n) is 7.67. The lowest BCUT2D eigenvalue weighted by molar-refractivity contribution is 0.00360. The Morgan fingerprint density at radius 3 is 1.30 bits per heavy atom. The highest BCUT2D eigenvalue weighted by molar-refractivity contribution is 8.31. The molecule has 2 rings (SSSR count). The molecule has 23 heavy (non-hydrogen) atoms. The van der Waals surface area contributed by atoms with Crippen LogP contribution in [0.2, 0.25) is 0 Å². The molecule has 0 heterocycles. The van der Waals surface area contributed by atoms with Gasteiger partial charge in [-0.25, -0.2) is 16.8 Å². The van der Waals surface area contributed by atoms with E-state index in [-0.39, 0.29) is 36.4 Å². The first-order valence-corrected chi connectivity index (χ1v) is 11.6. The van der Waals surface area contributed by atoms with E-state index in [2.05, 4.69) is 4.79 Å². The minimum Gasteiger partial charge on any atom is -0.359 e. The van der Waals surface area contributed by atoms with Crippen LogP contribution in [0.15, 0.2) is 0 Å². The molecule has 0 amide bonds. The Kier molecular flexibility index (Phi) is 6.17. The molecule has 0 radical (unpaired) electrons. The van der Waals surface area contributed by atoms with Crippen LogP contribution >= 0.6 is 23.2 Å². The van der Waals surface area contributed by atoms with Crippen molar-refractivity contribution in [3.05, 3.63) is 5.53 Å². The van der Waals surface area contributed by atoms with E-state index in [0.717, 1.165) is 0 Å². The summed E-state index contributed by atoms with van der Waals surface area (Å²) in [7, 11) is -8.40. The number of alkyl halides is 2. The van der Waals surface area contributed by atoms with Crippen molar-refractivity contribution in [2.24, 2.45) is 0 Å². The summed E-state index contributed by atoms with van der Waals surface area (Å²) >= 11 is 11.9. The molecule has 0 unspecified atom stereocenters. The van der Waals surface area contributed by atoms with E-state index >= 15 is 0 Å². The highest BCUT2D eigenvalue weighted by Gasteiger charge is 2.50. The third kappa shape index (κ3) is 4.10. The van der Waals surface area contributed by atoms with E-state index in [1.54, 1.807) is 0 Å². The molecule has 0 saturated heterocycles. The monoisotopic (exact) mass is 402 g/mol. The molecule has 2 fully saturated rings. The summed E-state index contributed by atoms with van der Waals surface area (Å²) in [5, 5.41) is -1.90. The Balaban J connectivity index is 2.26. The number of nitrogens with zero attached hydrogens (tertiary/aromatic N) is 2. The van der Waals surface area contributed by atoms with Crippen molar-refractivity contribution in [2.75, 3.05) is 0 Å². The van der Waals surface area contributed by atoms with Crippen molar-refractivity contribution >= 4 is 47.3 Å². The molecule has 2 aliphatic rings. The Morgan fingerprint density at radius 2 is 1.04 bits per heavy atom. The summed E-state index contributed by atoms with van der Waals surface area (Å²) in [5.74, 6) is 0. The maximum absolute atomic E-state index is 12.6. The summed E-state index contributed by atoms with van der Waals surface area (Å²) in [6.07, 6.45) is 3.12. The highest BCUT2D eigenvalue weighted by Crippen LogP contribution is 2.32. The van der Waals surface area contributed by atoms with Crippen LogP contribution in [-0.2, 0) is 19.7 Å². The fourth-order valence-electron chi connectivity index (χ4n) is 3.23. The van der Waals surface area contributed by atoms with Crippen molar-refractivity contribution in [3.63, 3.8) is 0 Å². The number of rotatable bonds is 2. The summed E-state index contributed by atoms with van der Waals surface area (Å²) < 4.78 is 49.5. The van der Waals surface area contributed by atoms with Gasteiger partial charge in [-0.1, -0.05) is 0 Å². The van der Waals surface area contributed by atoms with Crippen LogP contribution in [0, 0.1) is 0 Å². The Morgan fingerprint density at radius 1 is 0.739 bits per heavy atom. The minimum atomic E-state index is -4.20. The normalized spacial score (nSPS) is 33.0. The topological polar surface area (TPSA) is 105 Å². The fourth-order valence-corrected chi connectivity index (χ4v) is 8.42. The molecule has 0 bridgehead atoms. The maximum atomic E-state index is 12.6. The van der Waals surface area contributed by atoms with Gasteiger partial charge in [-0.3, -0.25) is 0 Å². The molecule has 0 spiro atoms. The molecule has 0 aromatic carbocycles. The SMILES string of the molecule is [N-]=[N+]=C(S(=O)(=O)C1CCC(Cl)CC1)S(=O)(=O)C1CCC(Cl)CC1. The third-order valence-corrected chi connectivity index (χ3v) is 10.8. The average molecular weight is 403 g/mol. The minimum absolute atomic E-state index is 0.0911. The lowest BCUT2D eigenvalue weighted by Crippen LogP contribution is -2.41. The predicted octanol–water partition coefficient (Wildman–Crippen LogP) is 2.50. The number of hydrogen-bond acceptors (Lipinski definition) is 4. The van der Waals surface area contributed by atoms with Crippen molar-refractivity contribution in [1.82, 2.24) is 0 Å². The zero-order valence-electron chi connectivity index (χ0n) is 12.6. The standard InChI is InChI=1S/C13H20Cl2N2O4S2/c14-9-1-5-11(6-2-9)22(18,19)13(17-16)23(20,21)12-7-3-10(15)4-8-12/h9-12H,1-8H2. The molecule has 132 valence electrons. The van der Waals surface area contributed by atoms with Crippen LogP contribution < -0.4 is 0 Å². The largest absolute Gasteiger partial charge is 0.495 e. The van der Waals surface area contributed by atoms with E-state index in [1.807, 2.05) is 0 Å². The van der Waals surface area contributed by atoms with Gasteiger partial charge in [-0.2, -0.15) is 0 Å². The summed E-state index contributed by atoms with van der Waals surface area (Å²) in [6, 6.07) is 0. The molecule has 0 N–H and O–H groups in total. The van der Waals surface area contributed by atoms with Gasteiger partial charge in [-0.15, -0.1) is 28.0 Å². The van der Waals surface area contributed by atoms with Gasteiger partial charge < -0.3 is 5.53 Å². The molecule has 0 aromatic rings. The second kappa shape index (κ2) is 7.40. The quantitative estimate of drug-likeness (QED) is 0.232. The molecule has 2 saturated carbocycles. The van der Waals surface area contributed by atoms with Gasteiger partial charge in [0, 0.05) is 10.8 Å². The van der Waals surface area contributed by atoms with E-state index < -0.39 is 34.6 Å². The first kappa shape index (κ1) is 19.2. The van der Waals surface area contributed by atoms with Crippen molar-refractivity contribution < 1.29 is 21.6 Å². The van der Waals surface area contributed by atoms with E-state index in [1.165, 1.54) is 0 Å². The second-order valence-corrected chi connectivity index (χ2v) is 12.0. The third-order valence-electron chi connectivity index (χ3n) is 4.65. The van der Waals surface area contributed by atoms with Crippen LogP contribution in [0.1, 0.15) is 51.4 Å². The van der Waals surface area contributed by atoms with Gasteiger partial charge in [0.2, 0.25) is 0 Å². The zero-order chi connectivity index (χ0) is 17.3. The molecule has 10 heteroatoms. The lowest BCUT2D eigenvalue weighted by atomic mass is 10.00. The number of sulfone groups is 2. The fraction of sp³-hybridized carbons (Fsp3) is 0.923. The van der Waals surface area contributed by atoms with Gasteiger partial charge in [0.05, 0.1) is 10.5 Å². The predicted molar refractivity (Wildman–Crippen MR) is 90.3 cm³/mol. The molecular weight excluding hydrogens is 383 g/mol. The van der Waals surface area contributed by atoms with Crippen molar-refractivity contribution in [1.29, 1.82) is 0 Å². The summed E-state index contributed by atoms with van der Waals surface area (Å²) in [4.78, 5) is 2.69. The number of hydrogen-bond donors (Lipinski definition) is 0. The molecule has 6 nitrogen and oxygen atoms in total. The first-order chi connectivity index (χ1) is 10.7. The van der Waals surface area contributed by atoms with Crippen molar-refractivity contribution in [3.8, 4) is 0 Å². The van der Waals surface area contributed by atoms with Gasteiger partial charge in [0.1, 0.15) is 0 Å². The average Bonchev–Trinajstić information content (AvgIpc) is 2.48.